The van der Waals surface area contributed by atoms with Crippen molar-refractivity contribution in [2.75, 3.05) is 19.6 Å². The van der Waals surface area contributed by atoms with Gasteiger partial charge in [0.05, 0.1) is 0 Å². The van der Waals surface area contributed by atoms with Crippen LogP contribution in [0.2, 0.25) is 0 Å². The van der Waals surface area contributed by atoms with Crippen LogP contribution in [0.15, 0.2) is 0 Å². The van der Waals surface area contributed by atoms with Gasteiger partial charge < -0.3 is 5.73 Å². The Labute approximate surface area is 107 Å². The predicted molar refractivity (Wildman–Crippen MR) is 74.0 cm³/mol. The van der Waals surface area contributed by atoms with Crippen molar-refractivity contribution in [3.63, 3.8) is 0 Å². The Hall–Kier alpha value is -0.0800. The van der Waals surface area contributed by atoms with E-state index in [1.54, 1.807) is 0 Å². The van der Waals surface area contributed by atoms with Gasteiger partial charge in [-0.3, -0.25) is 4.90 Å². The fourth-order valence-corrected chi connectivity index (χ4v) is 4.04. The summed E-state index contributed by atoms with van der Waals surface area (Å²) in [6.07, 6.45) is 8.09. The molecule has 0 bridgehead atoms. The molecule has 0 radical (unpaired) electrons. The molecule has 2 heteroatoms. The van der Waals surface area contributed by atoms with Gasteiger partial charge in [-0.25, -0.2) is 0 Å². The highest BCUT2D eigenvalue weighted by Crippen LogP contribution is 2.47. The molecule has 17 heavy (non-hydrogen) atoms. The van der Waals surface area contributed by atoms with Gasteiger partial charge in [0.1, 0.15) is 0 Å². The second-order valence-corrected chi connectivity index (χ2v) is 7.13. The number of hydrogen-bond acceptors (Lipinski definition) is 2. The summed E-state index contributed by atoms with van der Waals surface area (Å²) in [5.41, 5.74) is 7.00. The van der Waals surface area contributed by atoms with E-state index in [-0.39, 0.29) is 0 Å². The van der Waals surface area contributed by atoms with Gasteiger partial charge >= 0.3 is 0 Å². The van der Waals surface area contributed by atoms with Crippen LogP contribution in [-0.2, 0) is 0 Å². The standard InChI is InChI=1S/C15H30N2/c1-4-13-6-5-9-17(10-13)15(12-16)8-7-14(2,3)11-15/h13H,4-12,16H2,1-3H3. The average Bonchev–Trinajstić information content (AvgIpc) is 2.66. The minimum absolute atomic E-state index is 0.331. The van der Waals surface area contributed by atoms with Crippen molar-refractivity contribution >= 4 is 0 Å². The monoisotopic (exact) mass is 238 g/mol. The minimum Gasteiger partial charge on any atom is -0.329 e. The van der Waals surface area contributed by atoms with E-state index in [2.05, 4.69) is 25.7 Å². The first kappa shape index (κ1) is 13.4. The van der Waals surface area contributed by atoms with Crippen molar-refractivity contribution in [3.05, 3.63) is 0 Å². The molecule has 2 N–H and O–H groups in total. The van der Waals surface area contributed by atoms with Crippen LogP contribution in [0.3, 0.4) is 0 Å². The number of likely N-dealkylation sites (tertiary alicyclic amines) is 1. The smallest absolute Gasteiger partial charge is 0.0337 e. The Morgan fingerprint density at radius 2 is 2.06 bits per heavy atom. The number of rotatable bonds is 3. The fourth-order valence-electron chi connectivity index (χ4n) is 4.04. The largest absolute Gasteiger partial charge is 0.329 e. The van der Waals surface area contributed by atoms with E-state index in [9.17, 15) is 0 Å². The van der Waals surface area contributed by atoms with Crippen LogP contribution in [0, 0.1) is 11.3 Å². The van der Waals surface area contributed by atoms with Gasteiger partial charge in [0, 0.05) is 18.6 Å². The highest BCUT2D eigenvalue weighted by atomic mass is 15.2. The quantitative estimate of drug-likeness (QED) is 0.819. The van der Waals surface area contributed by atoms with Gasteiger partial charge in [-0.15, -0.1) is 0 Å². The van der Waals surface area contributed by atoms with Crippen molar-refractivity contribution < 1.29 is 0 Å². The summed E-state index contributed by atoms with van der Waals surface area (Å²) in [5.74, 6) is 0.913. The Bertz CT molecular complexity index is 262. The van der Waals surface area contributed by atoms with Crippen molar-refractivity contribution in [3.8, 4) is 0 Å². The minimum atomic E-state index is 0.331. The molecule has 1 aliphatic carbocycles. The van der Waals surface area contributed by atoms with Crippen LogP contribution in [0.4, 0.5) is 0 Å². The number of nitrogens with zero attached hydrogens (tertiary/aromatic N) is 1. The third kappa shape index (κ3) is 2.68. The van der Waals surface area contributed by atoms with E-state index >= 15 is 0 Å². The third-order valence-electron chi connectivity index (χ3n) is 5.22. The molecule has 0 aromatic carbocycles. The zero-order valence-electron chi connectivity index (χ0n) is 12.0. The predicted octanol–water partition coefficient (Wildman–Crippen LogP) is 3.02. The highest BCUT2D eigenvalue weighted by molar-refractivity contribution is 5.03. The first-order chi connectivity index (χ1) is 8.01. The van der Waals surface area contributed by atoms with Crippen LogP contribution < -0.4 is 5.73 Å². The van der Waals surface area contributed by atoms with Crippen LogP contribution >= 0.6 is 0 Å². The molecule has 2 nitrogen and oxygen atoms in total. The molecule has 100 valence electrons. The van der Waals surface area contributed by atoms with E-state index < -0.39 is 0 Å². The summed E-state index contributed by atoms with van der Waals surface area (Å²) in [5, 5.41) is 0. The van der Waals surface area contributed by atoms with E-state index in [1.807, 2.05) is 0 Å². The van der Waals surface area contributed by atoms with Crippen molar-refractivity contribution in [2.45, 2.75) is 64.8 Å². The van der Waals surface area contributed by atoms with Crippen LogP contribution in [0.1, 0.15) is 59.3 Å². The van der Waals surface area contributed by atoms with Crippen LogP contribution in [0.5, 0.6) is 0 Å². The third-order valence-corrected chi connectivity index (χ3v) is 5.22. The number of nitrogens with two attached hydrogens (primary N) is 1. The maximum absolute atomic E-state index is 6.17. The lowest BCUT2D eigenvalue weighted by atomic mass is 9.84. The molecule has 1 saturated heterocycles. The highest BCUT2D eigenvalue weighted by Gasteiger charge is 2.46. The van der Waals surface area contributed by atoms with Crippen molar-refractivity contribution in [1.29, 1.82) is 0 Å². The van der Waals surface area contributed by atoms with E-state index in [0.717, 1.165) is 12.5 Å². The fraction of sp³-hybridized carbons (Fsp3) is 1.00. The molecule has 2 unspecified atom stereocenters. The molecular formula is C15H30N2. The van der Waals surface area contributed by atoms with Crippen LogP contribution in [-0.4, -0.2) is 30.1 Å². The summed E-state index contributed by atoms with van der Waals surface area (Å²) in [6, 6.07) is 0. The molecule has 1 saturated carbocycles. The molecule has 0 aromatic heterocycles. The van der Waals surface area contributed by atoms with Crippen LogP contribution in [0.25, 0.3) is 0 Å². The lowest BCUT2D eigenvalue weighted by Gasteiger charge is -2.46. The molecular weight excluding hydrogens is 208 g/mol. The topological polar surface area (TPSA) is 29.3 Å². The number of hydrogen-bond donors (Lipinski definition) is 1. The molecule has 2 rings (SSSR count). The summed E-state index contributed by atoms with van der Waals surface area (Å²) in [6.45, 7) is 10.6. The molecule has 2 fully saturated rings. The molecule has 1 aliphatic heterocycles. The Morgan fingerprint density at radius 3 is 2.59 bits per heavy atom. The summed E-state index contributed by atoms with van der Waals surface area (Å²) in [4.78, 5) is 2.75. The van der Waals surface area contributed by atoms with E-state index in [4.69, 9.17) is 5.73 Å². The molecule has 0 amide bonds. The molecule has 0 spiro atoms. The summed E-state index contributed by atoms with van der Waals surface area (Å²) in [7, 11) is 0. The summed E-state index contributed by atoms with van der Waals surface area (Å²) >= 11 is 0. The molecule has 1 heterocycles. The maximum atomic E-state index is 6.17. The second-order valence-electron chi connectivity index (χ2n) is 7.13. The number of piperidine rings is 1. The van der Waals surface area contributed by atoms with Crippen molar-refractivity contribution in [2.24, 2.45) is 17.1 Å². The zero-order valence-corrected chi connectivity index (χ0v) is 12.0. The molecule has 2 aliphatic rings. The molecule has 2 atom stereocenters. The Morgan fingerprint density at radius 1 is 1.29 bits per heavy atom. The van der Waals surface area contributed by atoms with Gasteiger partial charge in [0.15, 0.2) is 0 Å². The molecule has 0 aromatic rings. The summed E-state index contributed by atoms with van der Waals surface area (Å²) < 4.78 is 0. The lowest BCUT2D eigenvalue weighted by molar-refractivity contribution is 0.0434. The van der Waals surface area contributed by atoms with Gasteiger partial charge in [-0.1, -0.05) is 27.2 Å². The van der Waals surface area contributed by atoms with Gasteiger partial charge in [0.2, 0.25) is 0 Å². The second kappa shape index (κ2) is 4.89. The lowest BCUT2D eigenvalue weighted by Crippen LogP contribution is -2.55. The maximum Gasteiger partial charge on any atom is 0.0337 e. The Kier molecular flexibility index (Phi) is 3.84. The normalized spacial score (nSPS) is 38.5. The average molecular weight is 238 g/mol. The first-order valence-corrected chi connectivity index (χ1v) is 7.46. The Balaban J connectivity index is 2.08. The van der Waals surface area contributed by atoms with Gasteiger partial charge in [-0.2, -0.15) is 0 Å². The first-order valence-electron chi connectivity index (χ1n) is 7.46. The zero-order chi connectivity index (χ0) is 12.5. The van der Waals surface area contributed by atoms with E-state index in [0.29, 0.717) is 11.0 Å². The van der Waals surface area contributed by atoms with E-state index in [1.165, 1.54) is 51.6 Å². The van der Waals surface area contributed by atoms with Gasteiger partial charge in [-0.05, 0) is 50.0 Å². The van der Waals surface area contributed by atoms with Crippen molar-refractivity contribution in [1.82, 2.24) is 4.90 Å². The SMILES string of the molecule is CCC1CCCN(C2(CN)CCC(C)(C)C2)C1. The van der Waals surface area contributed by atoms with Gasteiger partial charge in [0.25, 0.3) is 0 Å².